The van der Waals surface area contributed by atoms with Crippen molar-refractivity contribution in [3.8, 4) is 6.07 Å². The molecule has 0 spiro atoms. The number of hydrogen-bond donors (Lipinski definition) is 0. The van der Waals surface area contributed by atoms with E-state index in [1.807, 2.05) is 24.0 Å². The Bertz CT molecular complexity index is 977. The highest BCUT2D eigenvalue weighted by molar-refractivity contribution is 5.94. The van der Waals surface area contributed by atoms with Crippen LogP contribution in [0.2, 0.25) is 0 Å². The Morgan fingerprint density at radius 2 is 1.81 bits per heavy atom. The second kappa shape index (κ2) is 10.2. The minimum absolute atomic E-state index is 0.0475. The average molecular weight is 425 g/mol. The highest BCUT2D eigenvalue weighted by Crippen LogP contribution is 2.23. The fourth-order valence-corrected chi connectivity index (χ4v) is 3.86. The molecule has 0 aromatic heterocycles. The molecule has 0 saturated carbocycles. The van der Waals surface area contributed by atoms with E-state index in [4.69, 9.17) is 5.26 Å². The fourth-order valence-electron chi connectivity index (χ4n) is 3.86. The first kappa shape index (κ1) is 22.4. The molecule has 31 heavy (non-hydrogen) atoms. The van der Waals surface area contributed by atoms with E-state index in [9.17, 15) is 18.4 Å². The lowest BCUT2D eigenvalue weighted by molar-refractivity contribution is -0.137. The number of piperidine rings is 1. The molecule has 1 aliphatic heterocycles. The van der Waals surface area contributed by atoms with Crippen LogP contribution in [0.15, 0.2) is 42.5 Å². The zero-order chi connectivity index (χ0) is 22.4. The Hall–Kier alpha value is -3.27. The van der Waals surface area contributed by atoms with Crippen molar-refractivity contribution in [1.82, 2.24) is 9.80 Å². The van der Waals surface area contributed by atoms with Gasteiger partial charge in [0.05, 0.1) is 17.2 Å². The summed E-state index contributed by atoms with van der Waals surface area (Å²) in [6.45, 7) is 3.81. The molecule has 0 N–H and O–H groups in total. The number of benzene rings is 2. The van der Waals surface area contributed by atoms with E-state index in [0.29, 0.717) is 50.7 Å². The highest BCUT2D eigenvalue weighted by atomic mass is 19.1. The maximum Gasteiger partial charge on any atom is 0.256 e. The van der Waals surface area contributed by atoms with Crippen LogP contribution in [0.4, 0.5) is 8.78 Å². The second-order valence-electron chi connectivity index (χ2n) is 7.76. The summed E-state index contributed by atoms with van der Waals surface area (Å²) >= 11 is 0. The van der Waals surface area contributed by atoms with Gasteiger partial charge in [-0.05, 0) is 49.1 Å². The number of rotatable bonds is 6. The fraction of sp³-hybridized carbons (Fsp3) is 0.375. The molecule has 2 amide bonds. The van der Waals surface area contributed by atoms with E-state index in [0.717, 1.165) is 24.1 Å². The average Bonchev–Trinajstić information content (AvgIpc) is 2.78. The summed E-state index contributed by atoms with van der Waals surface area (Å²) in [6.07, 6.45) is 1.82. The molecular weight excluding hydrogens is 400 g/mol. The minimum atomic E-state index is -0.875. The summed E-state index contributed by atoms with van der Waals surface area (Å²) < 4.78 is 27.0. The first-order valence-corrected chi connectivity index (χ1v) is 10.4. The third kappa shape index (κ3) is 5.46. The van der Waals surface area contributed by atoms with E-state index >= 15 is 0 Å². The van der Waals surface area contributed by atoms with Crippen molar-refractivity contribution in [1.29, 1.82) is 5.26 Å². The molecule has 1 saturated heterocycles. The third-order valence-electron chi connectivity index (χ3n) is 5.55. The molecule has 2 aromatic rings. The molecule has 5 nitrogen and oxygen atoms in total. The molecule has 1 heterocycles. The van der Waals surface area contributed by atoms with Gasteiger partial charge >= 0.3 is 0 Å². The lowest BCUT2D eigenvalue weighted by Crippen LogP contribution is -2.44. The number of hydrogen-bond acceptors (Lipinski definition) is 3. The molecule has 2 aromatic carbocycles. The van der Waals surface area contributed by atoms with Crippen molar-refractivity contribution in [2.75, 3.05) is 19.6 Å². The van der Waals surface area contributed by atoms with E-state index in [1.165, 1.54) is 4.90 Å². The van der Waals surface area contributed by atoms with Crippen molar-refractivity contribution in [2.45, 2.75) is 32.7 Å². The summed E-state index contributed by atoms with van der Waals surface area (Å²) in [7, 11) is 0. The van der Waals surface area contributed by atoms with Crippen molar-refractivity contribution in [3.63, 3.8) is 0 Å². The van der Waals surface area contributed by atoms with Gasteiger partial charge in [-0.15, -0.1) is 0 Å². The Labute approximate surface area is 180 Å². The quantitative estimate of drug-likeness (QED) is 0.699. The molecule has 1 fully saturated rings. The Morgan fingerprint density at radius 3 is 2.39 bits per heavy atom. The van der Waals surface area contributed by atoms with Crippen molar-refractivity contribution in [2.24, 2.45) is 5.92 Å². The van der Waals surface area contributed by atoms with E-state index in [1.54, 1.807) is 12.1 Å². The lowest BCUT2D eigenvalue weighted by atomic mass is 9.94. The Kier molecular flexibility index (Phi) is 7.35. The van der Waals surface area contributed by atoms with E-state index in [2.05, 4.69) is 6.07 Å². The van der Waals surface area contributed by atoms with Gasteiger partial charge < -0.3 is 9.80 Å². The zero-order valence-corrected chi connectivity index (χ0v) is 17.5. The Morgan fingerprint density at radius 1 is 1.13 bits per heavy atom. The van der Waals surface area contributed by atoms with Crippen LogP contribution < -0.4 is 0 Å². The monoisotopic (exact) mass is 425 g/mol. The lowest BCUT2D eigenvalue weighted by Gasteiger charge is -2.34. The number of carbonyl (C=O) groups is 2. The van der Waals surface area contributed by atoms with Gasteiger partial charge in [0.1, 0.15) is 11.6 Å². The van der Waals surface area contributed by atoms with Crippen LogP contribution in [0.25, 0.3) is 0 Å². The van der Waals surface area contributed by atoms with Crippen LogP contribution in [0.3, 0.4) is 0 Å². The molecule has 0 atom stereocenters. The normalized spacial score (nSPS) is 14.2. The van der Waals surface area contributed by atoms with Crippen LogP contribution >= 0.6 is 0 Å². The van der Waals surface area contributed by atoms with E-state index < -0.39 is 17.5 Å². The number of amides is 2. The van der Waals surface area contributed by atoms with Crippen molar-refractivity contribution < 1.29 is 18.4 Å². The first-order chi connectivity index (χ1) is 14.9. The van der Waals surface area contributed by atoms with Crippen molar-refractivity contribution >= 4 is 11.8 Å². The van der Waals surface area contributed by atoms with Crippen LogP contribution in [0, 0.1) is 28.9 Å². The largest absolute Gasteiger partial charge is 0.339 e. The molecule has 0 unspecified atom stereocenters. The minimum Gasteiger partial charge on any atom is -0.339 e. The summed E-state index contributed by atoms with van der Waals surface area (Å²) in [5.74, 6) is -2.24. The molecule has 0 aliphatic carbocycles. The zero-order valence-electron chi connectivity index (χ0n) is 17.5. The van der Waals surface area contributed by atoms with Crippen LogP contribution in [-0.2, 0) is 11.3 Å². The number of likely N-dealkylation sites (tertiary alicyclic amines) is 1. The molecule has 7 heteroatoms. The topological polar surface area (TPSA) is 64.4 Å². The molecule has 1 aliphatic rings. The predicted octanol–water partition coefficient (Wildman–Crippen LogP) is 4.13. The standard InChI is InChI=1S/C24H25F2N3O2/c1-2-11-29(16-18-5-3-17(15-27)4-6-18)23(30)19-9-12-28(13-10-19)24(31)21-8-7-20(25)14-22(21)26/h3-8,14,19H,2,9-13,16H2,1H3. The van der Waals surface area contributed by atoms with E-state index in [-0.39, 0.29) is 17.4 Å². The maximum atomic E-state index is 13.9. The SMILES string of the molecule is CCCN(Cc1ccc(C#N)cc1)C(=O)C1CCN(C(=O)c2ccc(F)cc2F)CC1. The van der Waals surface area contributed by atoms with Gasteiger partial charge in [0.25, 0.3) is 5.91 Å². The smallest absolute Gasteiger partial charge is 0.256 e. The molecular formula is C24H25F2N3O2. The summed E-state index contributed by atoms with van der Waals surface area (Å²) in [4.78, 5) is 29.0. The molecule has 0 bridgehead atoms. The van der Waals surface area contributed by atoms with Gasteiger partial charge in [0.2, 0.25) is 5.91 Å². The number of nitriles is 1. The summed E-state index contributed by atoms with van der Waals surface area (Å²) in [5, 5.41) is 8.93. The molecule has 0 radical (unpaired) electrons. The van der Waals surface area contributed by atoms with Gasteiger partial charge in [-0.2, -0.15) is 5.26 Å². The number of carbonyl (C=O) groups excluding carboxylic acids is 2. The van der Waals surface area contributed by atoms with Gasteiger partial charge in [0, 0.05) is 38.2 Å². The van der Waals surface area contributed by atoms with Crippen molar-refractivity contribution in [3.05, 3.63) is 70.8 Å². The summed E-state index contributed by atoms with van der Waals surface area (Å²) in [6, 6.07) is 12.2. The molecule has 162 valence electrons. The van der Waals surface area contributed by atoms with Crippen LogP contribution in [-0.4, -0.2) is 41.2 Å². The summed E-state index contributed by atoms with van der Waals surface area (Å²) in [5.41, 5.74) is 1.38. The third-order valence-corrected chi connectivity index (χ3v) is 5.55. The molecule has 3 rings (SSSR count). The highest BCUT2D eigenvalue weighted by Gasteiger charge is 2.31. The second-order valence-corrected chi connectivity index (χ2v) is 7.76. The van der Waals surface area contributed by atoms with Gasteiger partial charge in [0.15, 0.2) is 0 Å². The van der Waals surface area contributed by atoms with Crippen LogP contribution in [0.5, 0.6) is 0 Å². The predicted molar refractivity (Wildman–Crippen MR) is 112 cm³/mol. The first-order valence-electron chi connectivity index (χ1n) is 10.4. The number of halogens is 2. The van der Waals surface area contributed by atoms with Crippen LogP contribution in [0.1, 0.15) is 47.7 Å². The number of nitrogens with zero attached hydrogens (tertiary/aromatic N) is 3. The van der Waals surface area contributed by atoms with Gasteiger partial charge in [-0.3, -0.25) is 9.59 Å². The van der Waals surface area contributed by atoms with Gasteiger partial charge in [-0.25, -0.2) is 8.78 Å². The van der Waals surface area contributed by atoms with Gasteiger partial charge in [-0.1, -0.05) is 19.1 Å². The maximum absolute atomic E-state index is 13.9. The Balaban J connectivity index is 1.61.